The molecule has 4 heteroatoms. The topological polar surface area (TPSA) is 49.6 Å². The van der Waals surface area contributed by atoms with Gasteiger partial charge in [0.15, 0.2) is 0 Å². The van der Waals surface area contributed by atoms with Crippen LogP contribution in [0, 0.1) is 0 Å². The first-order chi connectivity index (χ1) is 10.6. The van der Waals surface area contributed by atoms with Crippen LogP contribution in [0.2, 0.25) is 0 Å². The summed E-state index contributed by atoms with van der Waals surface area (Å²) in [7, 11) is 4.01. The van der Waals surface area contributed by atoms with E-state index < -0.39 is 0 Å². The second-order valence-electron chi connectivity index (χ2n) is 5.64. The summed E-state index contributed by atoms with van der Waals surface area (Å²) in [6.07, 6.45) is 0. The fourth-order valence-electron chi connectivity index (χ4n) is 2.23. The van der Waals surface area contributed by atoms with Gasteiger partial charge in [-0.05, 0) is 37.9 Å². The number of benzene rings is 2. The molecule has 0 aliphatic carbocycles. The summed E-state index contributed by atoms with van der Waals surface area (Å²) in [6, 6.07) is 17.2. The highest BCUT2D eigenvalue weighted by atomic mass is 16.2. The van der Waals surface area contributed by atoms with E-state index >= 15 is 0 Å². The molecule has 2 rings (SSSR count). The first kappa shape index (κ1) is 16.0. The van der Waals surface area contributed by atoms with Crippen LogP contribution in [0.1, 0.15) is 15.9 Å². The maximum absolute atomic E-state index is 12.8. The maximum atomic E-state index is 12.8. The maximum Gasteiger partial charge on any atom is 0.254 e. The molecule has 1 amide bonds. The third-order valence-electron chi connectivity index (χ3n) is 3.45. The summed E-state index contributed by atoms with van der Waals surface area (Å²) in [5.41, 5.74) is 8.16. The first-order valence-electron chi connectivity index (χ1n) is 7.40. The highest BCUT2D eigenvalue weighted by Gasteiger charge is 2.16. The number of carbonyl (C=O) groups is 1. The van der Waals surface area contributed by atoms with E-state index in [-0.39, 0.29) is 5.91 Å². The number of likely N-dealkylation sites (N-methyl/N-ethyl adjacent to an activating group) is 1. The van der Waals surface area contributed by atoms with Gasteiger partial charge >= 0.3 is 0 Å². The number of rotatable bonds is 6. The standard InChI is InChI=1S/C18H23N3O/c1-20(2)11-12-21(14-15-7-4-3-5-8-15)18(22)16-9-6-10-17(19)13-16/h3-10,13H,11-12,14,19H2,1-2H3. The quantitative estimate of drug-likeness (QED) is 0.833. The molecule has 0 unspecified atom stereocenters. The molecule has 0 saturated carbocycles. The van der Waals surface area contributed by atoms with Crippen LogP contribution < -0.4 is 5.73 Å². The number of nitrogen functional groups attached to an aromatic ring is 1. The molecule has 116 valence electrons. The minimum Gasteiger partial charge on any atom is -0.399 e. The van der Waals surface area contributed by atoms with Gasteiger partial charge in [0.05, 0.1) is 0 Å². The zero-order chi connectivity index (χ0) is 15.9. The van der Waals surface area contributed by atoms with Crippen molar-refractivity contribution < 1.29 is 4.79 Å². The first-order valence-corrected chi connectivity index (χ1v) is 7.40. The molecular weight excluding hydrogens is 274 g/mol. The predicted octanol–water partition coefficient (Wildman–Crippen LogP) is 2.47. The van der Waals surface area contributed by atoms with Crippen LogP contribution in [0.15, 0.2) is 54.6 Å². The molecule has 4 nitrogen and oxygen atoms in total. The molecule has 2 aromatic carbocycles. The van der Waals surface area contributed by atoms with Gasteiger partial charge in [0.25, 0.3) is 5.91 Å². The van der Waals surface area contributed by atoms with E-state index in [0.717, 1.165) is 12.1 Å². The molecule has 0 aromatic heterocycles. The fraction of sp³-hybridized carbons (Fsp3) is 0.278. The lowest BCUT2D eigenvalue weighted by Gasteiger charge is -2.25. The van der Waals surface area contributed by atoms with Crippen LogP contribution in [-0.2, 0) is 6.54 Å². The predicted molar refractivity (Wildman–Crippen MR) is 90.6 cm³/mol. The average Bonchev–Trinajstić information content (AvgIpc) is 2.51. The summed E-state index contributed by atoms with van der Waals surface area (Å²) in [4.78, 5) is 16.7. The Bertz CT molecular complexity index is 611. The van der Waals surface area contributed by atoms with Gasteiger partial charge in [-0.25, -0.2) is 0 Å². The smallest absolute Gasteiger partial charge is 0.254 e. The molecule has 2 N–H and O–H groups in total. The third kappa shape index (κ3) is 4.60. The SMILES string of the molecule is CN(C)CCN(Cc1ccccc1)C(=O)c1cccc(N)c1. The number of anilines is 1. The number of hydrogen-bond acceptors (Lipinski definition) is 3. The highest BCUT2D eigenvalue weighted by Crippen LogP contribution is 2.13. The molecule has 0 spiro atoms. The van der Waals surface area contributed by atoms with Gasteiger partial charge in [0.1, 0.15) is 0 Å². The number of amides is 1. The molecule has 0 saturated heterocycles. The zero-order valence-electron chi connectivity index (χ0n) is 13.2. The van der Waals surface area contributed by atoms with Crippen molar-refractivity contribution in [3.8, 4) is 0 Å². The molecule has 0 atom stereocenters. The molecule has 0 aliphatic heterocycles. The number of carbonyl (C=O) groups excluding carboxylic acids is 1. The average molecular weight is 297 g/mol. The Labute approximate surface area is 132 Å². The van der Waals surface area contributed by atoms with Crippen molar-refractivity contribution in [3.63, 3.8) is 0 Å². The summed E-state index contributed by atoms with van der Waals surface area (Å²) in [5, 5.41) is 0. The van der Waals surface area contributed by atoms with Crippen molar-refractivity contribution in [1.82, 2.24) is 9.80 Å². The van der Waals surface area contributed by atoms with Crippen molar-refractivity contribution >= 4 is 11.6 Å². The number of nitrogens with zero attached hydrogens (tertiary/aromatic N) is 2. The van der Waals surface area contributed by atoms with Gasteiger partial charge in [0, 0.05) is 30.9 Å². The summed E-state index contributed by atoms with van der Waals surface area (Å²) in [5.74, 6) is 0.0120. The normalized spacial score (nSPS) is 10.7. The van der Waals surface area contributed by atoms with Crippen molar-refractivity contribution in [1.29, 1.82) is 0 Å². The van der Waals surface area contributed by atoms with Crippen LogP contribution in [0.4, 0.5) is 5.69 Å². The van der Waals surface area contributed by atoms with Crippen LogP contribution >= 0.6 is 0 Å². The van der Waals surface area contributed by atoms with Gasteiger partial charge in [-0.2, -0.15) is 0 Å². The molecule has 0 radical (unpaired) electrons. The Hall–Kier alpha value is -2.33. The minimum absolute atomic E-state index is 0.0120. The molecule has 0 aliphatic rings. The Morgan fingerprint density at radius 2 is 1.73 bits per heavy atom. The Morgan fingerprint density at radius 1 is 1.00 bits per heavy atom. The van der Waals surface area contributed by atoms with E-state index in [0.29, 0.717) is 24.3 Å². The number of hydrogen-bond donors (Lipinski definition) is 1. The van der Waals surface area contributed by atoms with Crippen LogP contribution in [0.5, 0.6) is 0 Å². The lowest BCUT2D eigenvalue weighted by molar-refractivity contribution is 0.0732. The zero-order valence-corrected chi connectivity index (χ0v) is 13.2. The van der Waals surface area contributed by atoms with Gasteiger partial charge < -0.3 is 15.5 Å². The summed E-state index contributed by atoms with van der Waals surface area (Å²) in [6.45, 7) is 2.10. The monoisotopic (exact) mass is 297 g/mol. The van der Waals surface area contributed by atoms with Gasteiger partial charge in [-0.15, -0.1) is 0 Å². The number of nitrogens with two attached hydrogens (primary N) is 1. The van der Waals surface area contributed by atoms with Crippen molar-refractivity contribution in [2.45, 2.75) is 6.54 Å². The highest BCUT2D eigenvalue weighted by molar-refractivity contribution is 5.95. The van der Waals surface area contributed by atoms with Crippen LogP contribution in [0.3, 0.4) is 0 Å². The molecule has 0 heterocycles. The lowest BCUT2D eigenvalue weighted by Crippen LogP contribution is -2.36. The fourth-order valence-corrected chi connectivity index (χ4v) is 2.23. The van der Waals surface area contributed by atoms with Crippen molar-refractivity contribution in [2.24, 2.45) is 0 Å². The Kier molecular flexibility index (Phi) is 5.55. The third-order valence-corrected chi connectivity index (χ3v) is 3.45. The van der Waals surface area contributed by atoms with Crippen molar-refractivity contribution in [3.05, 3.63) is 65.7 Å². The van der Waals surface area contributed by atoms with E-state index in [9.17, 15) is 4.79 Å². The molecule has 22 heavy (non-hydrogen) atoms. The van der Waals surface area contributed by atoms with E-state index in [4.69, 9.17) is 5.73 Å². The second-order valence-corrected chi connectivity index (χ2v) is 5.64. The molecular formula is C18H23N3O. The van der Waals surface area contributed by atoms with Gasteiger partial charge in [-0.3, -0.25) is 4.79 Å². The minimum atomic E-state index is 0.0120. The summed E-state index contributed by atoms with van der Waals surface area (Å²) < 4.78 is 0. The van der Waals surface area contributed by atoms with E-state index in [1.165, 1.54) is 0 Å². The molecule has 0 fully saturated rings. The van der Waals surface area contributed by atoms with Crippen molar-refractivity contribution in [2.75, 3.05) is 32.9 Å². The summed E-state index contributed by atoms with van der Waals surface area (Å²) >= 11 is 0. The van der Waals surface area contributed by atoms with Crippen LogP contribution in [-0.4, -0.2) is 42.9 Å². The van der Waals surface area contributed by atoms with E-state index in [1.807, 2.05) is 61.5 Å². The molecule has 2 aromatic rings. The van der Waals surface area contributed by atoms with Gasteiger partial charge in [0.2, 0.25) is 0 Å². The van der Waals surface area contributed by atoms with E-state index in [2.05, 4.69) is 4.90 Å². The van der Waals surface area contributed by atoms with E-state index in [1.54, 1.807) is 12.1 Å². The molecule has 0 bridgehead atoms. The lowest BCUT2D eigenvalue weighted by atomic mass is 10.1. The van der Waals surface area contributed by atoms with Crippen LogP contribution in [0.25, 0.3) is 0 Å². The largest absolute Gasteiger partial charge is 0.399 e. The second kappa shape index (κ2) is 7.61. The van der Waals surface area contributed by atoms with Gasteiger partial charge in [-0.1, -0.05) is 36.4 Å². The Balaban J connectivity index is 2.17. The Morgan fingerprint density at radius 3 is 2.36 bits per heavy atom.